The number of terminal acetylenes is 1. The van der Waals surface area contributed by atoms with Crippen LogP contribution in [-0.4, -0.2) is 29.6 Å². The monoisotopic (exact) mass is 334 g/mol. The van der Waals surface area contributed by atoms with E-state index in [1.807, 2.05) is 13.8 Å². The Balaban J connectivity index is 1.97. The first-order chi connectivity index (χ1) is 11.1. The Kier molecular flexibility index (Phi) is 6.23. The van der Waals surface area contributed by atoms with Gasteiger partial charge in [0, 0.05) is 15.9 Å². The second-order valence-electron chi connectivity index (χ2n) is 6.05. The predicted octanol–water partition coefficient (Wildman–Crippen LogP) is 2.93. The minimum absolute atomic E-state index is 0.0631. The highest BCUT2D eigenvalue weighted by Gasteiger charge is 2.36. The molecule has 4 nitrogen and oxygen atoms in total. The molecule has 2 atom stereocenters. The highest BCUT2D eigenvalue weighted by atomic mass is 32.1. The van der Waals surface area contributed by atoms with Gasteiger partial charge in [-0.2, -0.15) is 0 Å². The highest BCUT2D eigenvalue weighted by molar-refractivity contribution is 7.10. The number of fused-ring (bicyclic) bond motifs is 1. The van der Waals surface area contributed by atoms with E-state index in [1.165, 1.54) is 10.4 Å². The normalized spacial score (nSPS) is 19.0. The van der Waals surface area contributed by atoms with Crippen molar-refractivity contribution in [2.45, 2.75) is 58.1 Å². The van der Waals surface area contributed by atoms with Crippen molar-refractivity contribution in [3.63, 3.8) is 0 Å². The Morgan fingerprint density at radius 1 is 1.48 bits per heavy atom. The maximum atomic E-state index is 10.3. The number of rotatable bonds is 7. The second-order valence-corrected chi connectivity index (χ2v) is 7.05. The molecule has 0 saturated carbocycles. The Hall–Kier alpha value is -1.35. The molecule has 0 spiro atoms. The topological polar surface area (TPSA) is 67.8 Å². The number of aliphatic hydroxyl groups is 1. The van der Waals surface area contributed by atoms with E-state index in [2.05, 4.69) is 22.5 Å². The van der Waals surface area contributed by atoms with Gasteiger partial charge in [-0.3, -0.25) is 0 Å². The molecule has 1 aromatic heterocycles. The fraction of sp³-hybridized carbons (Fsp3) is 0.611. The van der Waals surface area contributed by atoms with Gasteiger partial charge < -0.3 is 15.7 Å². The molecule has 5 heteroatoms. The van der Waals surface area contributed by atoms with Crippen LogP contribution < -0.4 is 5.73 Å². The van der Waals surface area contributed by atoms with Crippen LogP contribution in [0.5, 0.6) is 0 Å². The van der Waals surface area contributed by atoms with Crippen LogP contribution in [0.1, 0.15) is 50.0 Å². The lowest BCUT2D eigenvalue weighted by atomic mass is 9.74. The van der Waals surface area contributed by atoms with Crippen molar-refractivity contribution < 1.29 is 9.94 Å². The molecular formula is C18H26N2O2S. The maximum Gasteiger partial charge on any atom is 0.144 e. The van der Waals surface area contributed by atoms with Crippen molar-refractivity contribution >= 4 is 17.0 Å². The standard InChI is InChI=1S/C18H26N2O2S/c1-4-18(5-2,6-3)17(19)15(21)12-22-20-14-8-7-9-16-13(14)10-11-23-16/h1,10-11,15,17,21H,5-9,12,19H2,2-3H3/b20-14+. The summed E-state index contributed by atoms with van der Waals surface area (Å²) in [5.41, 5.74) is 7.83. The molecule has 2 rings (SSSR count). The highest BCUT2D eigenvalue weighted by Crippen LogP contribution is 2.30. The van der Waals surface area contributed by atoms with Crippen LogP contribution in [-0.2, 0) is 11.3 Å². The molecule has 0 fully saturated rings. The van der Waals surface area contributed by atoms with E-state index in [0.29, 0.717) is 0 Å². The molecule has 1 heterocycles. The summed E-state index contributed by atoms with van der Waals surface area (Å²) in [6.45, 7) is 4.06. The van der Waals surface area contributed by atoms with E-state index in [1.54, 1.807) is 11.3 Å². The minimum Gasteiger partial charge on any atom is -0.393 e. The number of nitrogens with two attached hydrogens (primary N) is 1. The molecule has 2 unspecified atom stereocenters. The summed E-state index contributed by atoms with van der Waals surface area (Å²) in [5, 5.41) is 16.6. The lowest BCUT2D eigenvalue weighted by molar-refractivity contribution is 0.00341. The molecule has 1 aliphatic rings. The molecule has 23 heavy (non-hydrogen) atoms. The van der Waals surface area contributed by atoms with Crippen LogP contribution in [0.3, 0.4) is 0 Å². The quantitative estimate of drug-likeness (QED) is 0.595. The predicted molar refractivity (Wildman–Crippen MR) is 95.6 cm³/mol. The third kappa shape index (κ3) is 3.77. The molecule has 0 radical (unpaired) electrons. The first kappa shape index (κ1) is 18.0. The number of thiophene rings is 1. The molecule has 0 bridgehead atoms. The summed E-state index contributed by atoms with van der Waals surface area (Å²) < 4.78 is 0. The van der Waals surface area contributed by atoms with Crippen LogP contribution >= 0.6 is 11.3 Å². The summed E-state index contributed by atoms with van der Waals surface area (Å²) in [5.74, 6) is 2.77. The van der Waals surface area contributed by atoms with Crippen LogP contribution in [0.25, 0.3) is 0 Å². The smallest absolute Gasteiger partial charge is 0.144 e. The fourth-order valence-electron chi connectivity index (χ4n) is 3.12. The Labute approximate surface area is 142 Å². The molecule has 0 aromatic carbocycles. The first-order valence-corrected chi connectivity index (χ1v) is 9.13. The van der Waals surface area contributed by atoms with Gasteiger partial charge >= 0.3 is 0 Å². The van der Waals surface area contributed by atoms with E-state index < -0.39 is 17.6 Å². The molecular weight excluding hydrogens is 308 g/mol. The van der Waals surface area contributed by atoms with Crippen molar-refractivity contribution in [3.05, 3.63) is 21.9 Å². The van der Waals surface area contributed by atoms with Gasteiger partial charge in [0.15, 0.2) is 0 Å². The van der Waals surface area contributed by atoms with Gasteiger partial charge in [0.1, 0.15) is 12.7 Å². The number of aryl methyl sites for hydroxylation is 1. The minimum atomic E-state index is -0.833. The Bertz CT molecular complexity index is 584. The van der Waals surface area contributed by atoms with Crippen molar-refractivity contribution in [2.75, 3.05) is 6.61 Å². The van der Waals surface area contributed by atoms with E-state index in [9.17, 15) is 5.11 Å². The van der Waals surface area contributed by atoms with Gasteiger partial charge in [0.05, 0.1) is 11.8 Å². The molecule has 0 amide bonds. The van der Waals surface area contributed by atoms with Crippen molar-refractivity contribution in [1.82, 2.24) is 0 Å². The van der Waals surface area contributed by atoms with E-state index in [0.717, 1.165) is 37.8 Å². The third-order valence-corrected chi connectivity index (χ3v) is 5.88. The third-order valence-electron chi connectivity index (χ3n) is 4.90. The van der Waals surface area contributed by atoms with E-state index in [4.69, 9.17) is 17.0 Å². The average molecular weight is 334 g/mol. The summed E-state index contributed by atoms with van der Waals surface area (Å²) in [4.78, 5) is 6.77. The molecule has 3 N–H and O–H groups in total. The SMILES string of the molecule is C#CC(CC)(CC)C(N)C(O)CO/N=C1\CCCc2sccc21. The summed E-state index contributed by atoms with van der Waals surface area (Å²) in [6, 6.07) is 1.56. The summed E-state index contributed by atoms with van der Waals surface area (Å²) >= 11 is 1.76. The van der Waals surface area contributed by atoms with Crippen molar-refractivity contribution in [3.8, 4) is 12.3 Å². The number of hydrogen-bond donors (Lipinski definition) is 2. The van der Waals surface area contributed by atoms with Gasteiger partial charge in [-0.25, -0.2) is 0 Å². The van der Waals surface area contributed by atoms with Crippen LogP contribution in [0.2, 0.25) is 0 Å². The maximum absolute atomic E-state index is 10.3. The fourth-order valence-corrected chi connectivity index (χ4v) is 4.07. The van der Waals surface area contributed by atoms with Crippen LogP contribution in [0.4, 0.5) is 0 Å². The van der Waals surface area contributed by atoms with Crippen molar-refractivity contribution in [2.24, 2.45) is 16.3 Å². The zero-order valence-electron chi connectivity index (χ0n) is 13.9. The van der Waals surface area contributed by atoms with Gasteiger partial charge in [-0.05, 0) is 43.6 Å². The van der Waals surface area contributed by atoms with E-state index >= 15 is 0 Å². The summed E-state index contributed by atoms with van der Waals surface area (Å²) in [7, 11) is 0. The number of aliphatic hydroxyl groups excluding tert-OH is 1. The molecule has 1 aromatic rings. The Morgan fingerprint density at radius 2 is 2.22 bits per heavy atom. The zero-order chi connectivity index (χ0) is 16.9. The van der Waals surface area contributed by atoms with Gasteiger partial charge in [-0.1, -0.05) is 24.9 Å². The van der Waals surface area contributed by atoms with E-state index in [-0.39, 0.29) is 6.61 Å². The van der Waals surface area contributed by atoms with Crippen molar-refractivity contribution in [1.29, 1.82) is 0 Å². The van der Waals surface area contributed by atoms with Gasteiger partial charge in [0.2, 0.25) is 0 Å². The average Bonchev–Trinajstić information content (AvgIpc) is 3.06. The molecule has 1 aliphatic carbocycles. The van der Waals surface area contributed by atoms with Gasteiger partial charge in [0.25, 0.3) is 0 Å². The van der Waals surface area contributed by atoms with Gasteiger partial charge in [-0.15, -0.1) is 17.8 Å². The number of nitrogens with zero attached hydrogens (tertiary/aromatic N) is 1. The molecule has 0 saturated heterocycles. The largest absolute Gasteiger partial charge is 0.393 e. The Morgan fingerprint density at radius 3 is 2.87 bits per heavy atom. The second kappa shape index (κ2) is 7.96. The molecule has 0 aliphatic heterocycles. The van der Waals surface area contributed by atoms with Crippen LogP contribution in [0.15, 0.2) is 16.6 Å². The first-order valence-electron chi connectivity index (χ1n) is 8.25. The van der Waals surface area contributed by atoms with Crippen LogP contribution in [0, 0.1) is 17.8 Å². The lowest BCUT2D eigenvalue weighted by Gasteiger charge is -2.34. The molecule has 126 valence electrons. The number of hydrogen-bond acceptors (Lipinski definition) is 5. The zero-order valence-corrected chi connectivity index (χ0v) is 14.7. The summed E-state index contributed by atoms with van der Waals surface area (Å²) in [6.07, 6.45) is 9.37. The number of oxime groups is 1. The lowest BCUT2D eigenvalue weighted by Crippen LogP contribution is -2.50.